The molecular weight excluding hydrogens is 180 g/mol. The summed E-state index contributed by atoms with van der Waals surface area (Å²) >= 11 is 0. The summed E-state index contributed by atoms with van der Waals surface area (Å²) in [6.07, 6.45) is 6.04. The number of hydrogen-bond donors (Lipinski definition) is 0. The lowest BCUT2D eigenvalue weighted by Crippen LogP contribution is -1.91. The molecule has 0 bridgehead atoms. The molecular formula is C15H25-. The van der Waals surface area contributed by atoms with E-state index in [0.717, 1.165) is 0 Å². The fraction of sp³-hybridized carbons (Fsp3) is 0.667. The molecule has 15 heavy (non-hydrogen) atoms. The van der Waals surface area contributed by atoms with Gasteiger partial charge in [0, 0.05) is 0 Å². The van der Waals surface area contributed by atoms with Crippen molar-refractivity contribution in [1.82, 2.24) is 0 Å². The van der Waals surface area contributed by atoms with Crippen LogP contribution in [0.3, 0.4) is 0 Å². The van der Waals surface area contributed by atoms with Crippen molar-refractivity contribution in [3.8, 4) is 0 Å². The van der Waals surface area contributed by atoms with Crippen LogP contribution in [0.25, 0.3) is 0 Å². The Kier molecular flexibility index (Phi) is 4.50. The molecule has 0 fully saturated rings. The molecule has 0 N–H and O–H groups in total. The average Bonchev–Trinajstić information content (AvgIpc) is 2.59. The van der Waals surface area contributed by atoms with Gasteiger partial charge < -0.3 is 0 Å². The van der Waals surface area contributed by atoms with Crippen LogP contribution in [0.4, 0.5) is 0 Å². The predicted octanol–water partition coefficient (Wildman–Crippen LogP) is 4.22. The molecule has 1 aromatic carbocycles. The summed E-state index contributed by atoms with van der Waals surface area (Å²) in [5.41, 5.74) is 8.30. The first-order chi connectivity index (χ1) is 7.24. The van der Waals surface area contributed by atoms with Gasteiger partial charge in [0.1, 0.15) is 0 Å². The first kappa shape index (κ1) is 12.4. The van der Waals surface area contributed by atoms with Gasteiger partial charge in [-0.2, -0.15) is 27.8 Å². The molecule has 1 aromatic rings. The third-order valence-corrected chi connectivity index (χ3v) is 3.59. The fourth-order valence-corrected chi connectivity index (χ4v) is 3.04. The molecule has 0 amide bonds. The Balaban J connectivity index is 3.41. The van der Waals surface area contributed by atoms with Gasteiger partial charge in [0.25, 0.3) is 0 Å². The summed E-state index contributed by atoms with van der Waals surface area (Å²) in [5, 5.41) is 0. The maximum absolute atomic E-state index is 2.30. The van der Waals surface area contributed by atoms with E-state index in [1.807, 2.05) is 0 Å². The molecule has 0 aromatic heterocycles. The minimum Gasteiger partial charge on any atom is -0.192 e. The fourth-order valence-electron chi connectivity index (χ4n) is 3.04. The molecule has 0 unspecified atom stereocenters. The molecule has 0 spiro atoms. The van der Waals surface area contributed by atoms with Crippen LogP contribution in [0.2, 0.25) is 0 Å². The number of rotatable bonds is 5. The Labute approximate surface area is 95.1 Å². The molecule has 0 saturated carbocycles. The summed E-state index contributed by atoms with van der Waals surface area (Å²) in [4.78, 5) is 0. The van der Waals surface area contributed by atoms with Crippen molar-refractivity contribution >= 4 is 0 Å². The van der Waals surface area contributed by atoms with Crippen molar-refractivity contribution in [1.29, 1.82) is 0 Å². The zero-order valence-corrected chi connectivity index (χ0v) is 11.0. The molecule has 1 rings (SSSR count). The second kappa shape index (κ2) is 5.44. The van der Waals surface area contributed by atoms with Crippen molar-refractivity contribution in [2.75, 3.05) is 0 Å². The molecule has 0 aliphatic carbocycles. The summed E-state index contributed by atoms with van der Waals surface area (Å²) in [6, 6.07) is 0. The van der Waals surface area contributed by atoms with Crippen molar-refractivity contribution in [2.24, 2.45) is 0 Å². The lowest BCUT2D eigenvalue weighted by molar-refractivity contribution is 0.992. The molecule has 0 nitrogen and oxygen atoms in total. The van der Waals surface area contributed by atoms with E-state index < -0.39 is 0 Å². The topological polar surface area (TPSA) is 0 Å². The zero-order chi connectivity index (χ0) is 11.4. The van der Waals surface area contributed by atoms with Crippen LogP contribution in [0.5, 0.6) is 0 Å². The molecule has 0 heteroatoms. The van der Waals surface area contributed by atoms with Crippen molar-refractivity contribution < 1.29 is 0 Å². The van der Waals surface area contributed by atoms with Gasteiger partial charge in [-0.05, 0) is 0 Å². The Hall–Kier alpha value is -0.650. The van der Waals surface area contributed by atoms with Crippen LogP contribution in [0.15, 0.2) is 0 Å². The summed E-state index contributed by atoms with van der Waals surface area (Å²) in [5.74, 6) is 0. The second-order valence-electron chi connectivity index (χ2n) is 4.16. The smallest absolute Gasteiger partial charge is 0.0538 e. The van der Waals surface area contributed by atoms with E-state index in [2.05, 4.69) is 34.6 Å². The SMILES string of the molecule is CCc1c(CC)c(CC)[c-](CC)c1CC. The largest absolute Gasteiger partial charge is 0.192 e. The lowest BCUT2D eigenvalue weighted by atomic mass is 10.0. The molecule has 0 aliphatic heterocycles. The van der Waals surface area contributed by atoms with E-state index in [-0.39, 0.29) is 0 Å². The molecule has 0 saturated heterocycles. The molecule has 0 aliphatic rings. The van der Waals surface area contributed by atoms with E-state index in [4.69, 9.17) is 0 Å². The van der Waals surface area contributed by atoms with Crippen LogP contribution in [0.1, 0.15) is 62.4 Å². The highest BCUT2D eigenvalue weighted by molar-refractivity contribution is 5.52. The highest BCUT2D eigenvalue weighted by atomic mass is 14.2. The van der Waals surface area contributed by atoms with Gasteiger partial charge in [0.2, 0.25) is 0 Å². The number of hydrogen-bond acceptors (Lipinski definition) is 0. The quantitative estimate of drug-likeness (QED) is 0.631. The Bertz CT molecular complexity index is 223. The third-order valence-electron chi connectivity index (χ3n) is 3.59. The third kappa shape index (κ3) is 2.00. The molecule has 0 radical (unpaired) electrons. The van der Waals surface area contributed by atoms with Crippen LogP contribution >= 0.6 is 0 Å². The van der Waals surface area contributed by atoms with E-state index in [1.54, 1.807) is 27.8 Å². The maximum atomic E-state index is 2.30. The van der Waals surface area contributed by atoms with Gasteiger partial charge in [-0.25, -0.2) is 0 Å². The van der Waals surface area contributed by atoms with Gasteiger partial charge in [-0.1, -0.05) is 66.7 Å². The van der Waals surface area contributed by atoms with Gasteiger partial charge >= 0.3 is 0 Å². The standard InChI is InChI=1S/C15H25/c1-6-11-12(7-2)14(9-4)15(10-5)13(11)8-3/h6-10H2,1-5H3/q-1. The van der Waals surface area contributed by atoms with Crippen LogP contribution in [0, 0.1) is 0 Å². The predicted molar refractivity (Wildman–Crippen MR) is 68.9 cm³/mol. The highest BCUT2D eigenvalue weighted by Crippen LogP contribution is 2.31. The maximum Gasteiger partial charge on any atom is -0.0538 e. The van der Waals surface area contributed by atoms with E-state index in [9.17, 15) is 0 Å². The van der Waals surface area contributed by atoms with Crippen molar-refractivity contribution in [3.63, 3.8) is 0 Å². The normalized spacial score (nSPS) is 11.0. The molecule has 0 heterocycles. The molecule has 0 atom stereocenters. The summed E-state index contributed by atoms with van der Waals surface area (Å²) < 4.78 is 0. The highest BCUT2D eigenvalue weighted by Gasteiger charge is 2.07. The Morgan fingerprint density at radius 2 is 1.07 bits per heavy atom. The first-order valence-electron chi connectivity index (χ1n) is 6.55. The van der Waals surface area contributed by atoms with E-state index in [0.29, 0.717) is 0 Å². The van der Waals surface area contributed by atoms with E-state index >= 15 is 0 Å². The minimum absolute atomic E-state index is 1.21. The summed E-state index contributed by atoms with van der Waals surface area (Å²) in [6.45, 7) is 11.5. The minimum atomic E-state index is 1.21. The lowest BCUT2D eigenvalue weighted by Gasteiger charge is -2.14. The second-order valence-corrected chi connectivity index (χ2v) is 4.16. The molecule has 86 valence electrons. The monoisotopic (exact) mass is 205 g/mol. The van der Waals surface area contributed by atoms with Gasteiger partial charge in [-0.15, -0.1) is 0 Å². The van der Waals surface area contributed by atoms with Crippen molar-refractivity contribution in [2.45, 2.75) is 66.7 Å². The van der Waals surface area contributed by atoms with Crippen LogP contribution < -0.4 is 0 Å². The zero-order valence-electron chi connectivity index (χ0n) is 11.0. The Morgan fingerprint density at radius 1 is 0.667 bits per heavy atom. The van der Waals surface area contributed by atoms with Crippen LogP contribution in [-0.4, -0.2) is 0 Å². The Morgan fingerprint density at radius 3 is 1.27 bits per heavy atom. The van der Waals surface area contributed by atoms with Crippen LogP contribution in [-0.2, 0) is 32.1 Å². The van der Waals surface area contributed by atoms with Gasteiger partial charge in [-0.3, -0.25) is 0 Å². The average molecular weight is 205 g/mol. The van der Waals surface area contributed by atoms with E-state index in [1.165, 1.54) is 32.1 Å². The van der Waals surface area contributed by atoms with Gasteiger partial charge in [0.15, 0.2) is 0 Å². The summed E-state index contributed by atoms with van der Waals surface area (Å²) in [7, 11) is 0. The van der Waals surface area contributed by atoms with Crippen molar-refractivity contribution in [3.05, 3.63) is 27.8 Å². The first-order valence-corrected chi connectivity index (χ1v) is 6.55. The van der Waals surface area contributed by atoms with Gasteiger partial charge in [0.05, 0.1) is 0 Å².